The molecule has 9 nitrogen and oxygen atoms in total. The van der Waals surface area contributed by atoms with Crippen LogP contribution in [-0.2, 0) is 22.6 Å². The Kier molecular flexibility index (Phi) is 13.8. The van der Waals surface area contributed by atoms with Crippen LogP contribution in [0.2, 0.25) is 0 Å². The lowest BCUT2D eigenvalue weighted by molar-refractivity contribution is -0.131. The van der Waals surface area contributed by atoms with E-state index in [9.17, 15) is 14.7 Å². The van der Waals surface area contributed by atoms with Gasteiger partial charge in [0.2, 0.25) is 18.6 Å². The van der Waals surface area contributed by atoms with Crippen molar-refractivity contribution in [1.82, 2.24) is 20.3 Å². The van der Waals surface area contributed by atoms with E-state index in [0.717, 1.165) is 28.3 Å². The lowest BCUT2D eigenvalue weighted by Crippen LogP contribution is -2.57. The molecule has 1 unspecified atom stereocenters. The minimum absolute atomic E-state index is 0.0897. The predicted molar refractivity (Wildman–Crippen MR) is 182 cm³/mol. The van der Waals surface area contributed by atoms with Crippen LogP contribution in [-0.4, -0.2) is 65.8 Å². The first-order valence-corrected chi connectivity index (χ1v) is 16.9. The quantitative estimate of drug-likeness (QED) is 0.146. The summed E-state index contributed by atoms with van der Waals surface area (Å²) in [6, 6.07) is 24.2. The van der Waals surface area contributed by atoms with Gasteiger partial charge in [-0.1, -0.05) is 94.8 Å². The molecule has 0 aliphatic carbocycles. The molecule has 1 aliphatic rings. The highest BCUT2D eigenvalue weighted by Crippen LogP contribution is 2.36. The average molecular weight is 649 g/mol. The summed E-state index contributed by atoms with van der Waals surface area (Å²) in [7, 11) is 0. The molecular weight excluding hydrogens is 600 g/mol. The second-order valence-corrected chi connectivity index (χ2v) is 13.4. The number of carbonyl (C=O) groups excluding carboxylic acids is 2. The molecule has 2 amide bonds. The summed E-state index contributed by atoms with van der Waals surface area (Å²) in [6.45, 7) is 10.1. The number of ether oxygens (including phenoxy) is 2. The minimum Gasteiger partial charge on any atom is -0.454 e. The average Bonchev–Trinajstić information content (AvgIpc) is 3.51. The molecule has 0 spiro atoms. The van der Waals surface area contributed by atoms with Gasteiger partial charge in [-0.05, 0) is 59.5 Å². The first-order valence-electron chi connectivity index (χ1n) is 16.1. The predicted octanol–water partition coefficient (Wildman–Crippen LogP) is 4.79. The van der Waals surface area contributed by atoms with Crippen LogP contribution in [0, 0.1) is 11.8 Å². The maximum atomic E-state index is 13.8. The Morgan fingerprint density at radius 2 is 1.57 bits per heavy atom. The van der Waals surface area contributed by atoms with Crippen LogP contribution in [0.1, 0.15) is 45.2 Å². The monoisotopic (exact) mass is 648 g/mol. The summed E-state index contributed by atoms with van der Waals surface area (Å²) in [5.41, 5.74) is 2.08. The lowest BCUT2D eigenvalue weighted by atomic mass is 9.96. The number of hydrogen-bond donors (Lipinski definition) is 4. The summed E-state index contributed by atoms with van der Waals surface area (Å²) in [5.74, 6) is 1.12. The fraction of sp³-hybridized carbons (Fsp3) is 0.444. The van der Waals surface area contributed by atoms with Crippen molar-refractivity contribution in [2.75, 3.05) is 26.4 Å². The fourth-order valence-electron chi connectivity index (χ4n) is 5.24. The number of fused-ring (bicyclic) bond motifs is 1. The molecule has 3 aromatic carbocycles. The van der Waals surface area contributed by atoms with E-state index < -0.39 is 18.2 Å². The molecule has 0 fully saturated rings. The van der Waals surface area contributed by atoms with E-state index in [1.807, 2.05) is 92.7 Å². The summed E-state index contributed by atoms with van der Waals surface area (Å²) < 4.78 is 13.2. The van der Waals surface area contributed by atoms with Crippen molar-refractivity contribution >= 4 is 23.8 Å². The molecule has 248 valence electrons. The number of hydrogen-bond acceptors (Lipinski definition) is 8. The highest BCUT2D eigenvalue weighted by molar-refractivity contribution is 7.97. The van der Waals surface area contributed by atoms with Gasteiger partial charge in [0.15, 0.2) is 11.5 Å². The van der Waals surface area contributed by atoms with Gasteiger partial charge in [0.05, 0.1) is 18.7 Å². The van der Waals surface area contributed by atoms with E-state index in [1.54, 1.807) is 11.9 Å². The third-order valence-corrected chi connectivity index (χ3v) is 8.92. The van der Waals surface area contributed by atoms with Crippen LogP contribution < -0.4 is 25.4 Å². The van der Waals surface area contributed by atoms with Crippen LogP contribution in [0.25, 0.3) is 0 Å². The summed E-state index contributed by atoms with van der Waals surface area (Å²) in [5, 5.41) is 20.9. The van der Waals surface area contributed by atoms with Gasteiger partial charge >= 0.3 is 0 Å². The Hall–Kier alpha value is -3.57. The molecule has 3 aromatic rings. The molecule has 0 saturated carbocycles. The van der Waals surface area contributed by atoms with E-state index in [0.29, 0.717) is 37.6 Å². The van der Waals surface area contributed by atoms with Crippen molar-refractivity contribution in [2.45, 2.75) is 70.2 Å². The number of benzene rings is 3. The minimum atomic E-state index is -0.884. The Morgan fingerprint density at radius 3 is 2.24 bits per heavy atom. The normalized spacial score (nSPS) is 14.9. The number of aliphatic hydroxyl groups is 1. The van der Waals surface area contributed by atoms with Crippen LogP contribution in [0.3, 0.4) is 0 Å². The standard InChI is InChI=1S/C36H48N4O5S/c1-5-26(4)35(39-34(42)21-37-20-28-14-10-7-11-15-28)36(43)38-30(18-27-12-8-6-9-13-27)31(41)23-40(22-25(2)3)46-29-16-17-32-33(19-29)45-24-44-32/h6-17,19,25-26,30-31,35,37,41H,5,18,20-24H2,1-4H3,(H,38,43)(H,39,42)/t26?,30-,31+,35-/m0/s1. The lowest BCUT2D eigenvalue weighted by Gasteiger charge is -2.32. The second kappa shape index (κ2) is 17.9. The zero-order valence-electron chi connectivity index (χ0n) is 27.3. The second-order valence-electron chi connectivity index (χ2n) is 12.2. The van der Waals surface area contributed by atoms with Gasteiger partial charge in [-0.25, -0.2) is 4.31 Å². The third-order valence-electron chi connectivity index (χ3n) is 7.90. The van der Waals surface area contributed by atoms with Crippen molar-refractivity contribution in [3.05, 3.63) is 90.0 Å². The smallest absolute Gasteiger partial charge is 0.243 e. The molecule has 4 N–H and O–H groups in total. The topological polar surface area (TPSA) is 112 Å². The van der Waals surface area contributed by atoms with Crippen molar-refractivity contribution < 1.29 is 24.2 Å². The molecule has 0 saturated heterocycles. The van der Waals surface area contributed by atoms with Crippen LogP contribution in [0.5, 0.6) is 11.5 Å². The van der Waals surface area contributed by atoms with E-state index in [1.165, 1.54) is 0 Å². The van der Waals surface area contributed by atoms with E-state index >= 15 is 0 Å². The molecule has 0 bridgehead atoms. The van der Waals surface area contributed by atoms with Crippen LogP contribution >= 0.6 is 11.9 Å². The summed E-state index contributed by atoms with van der Waals surface area (Å²) in [4.78, 5) is 27.8. The Labute approximate surface area is 277 Å². The maximum Gasteiger partial charge on any atom is 0.243 e. The molecule has 0 radical (unpaired) electrons. The van der Waals surface area contributed by atoms with Gasteiger partial charge < -0.3 is 30.5 Å². The highest BCUT2D eigenvalue weighted by atomic mass is 32.2. The number of nitrogens with one attached hydrogen (secondary N) is 3. The Balaban J connectivity index is 1.45. The first-order chi connectivity index (χ1) is 22.2. The Morgan fingerprint density at radius 1 is 0.891 bits per heavy atom. The third kappa shape index (κ3) is 11.0. The van der Waals surface area contributed by atoms with Gasteiger partial charge in [-0.2, -0.15) is 0 Å². The number of amides is 2. The zero-order valence-corrected chi connectivity index (χ0v) is 28.1. The number of aliphatic hydroxyl groups excluding tert-OH is 1. The molecule has 4 rings (SSSR count). The van der Waals surface area contributed by atoms with Gasteiger partial charge in [-0.15, -0.1) is 0 Å². The molecule has 4 atom stereocenters. The van der Waals surface area contributed by atoms with Gasteiger partial charge in [0.25, 0.3) is 0 Å². The van der Waals surface area contributed by atoms with Gasteiger partial charge in [0, 0.05) is 24.5 Å². The largest absolute Gasteiger partial charge is 0.454 e. The summed E-state index contributed by atoms with van der Waals surface area (Å²) >= 11 is 1.54. The van der Waals surface area contributed by atoms with Gasteiger partial charge in [-0.3, -0.25) is 9.59 Å². The van der Waals surface area contributed by atoms with Gasteiger partial charge in [0.1, 0.15) is 6.04 Å². The van der Waals surface area contributed by atoms with E-state index in [4.69, 9.17) is 9.47 Å². The van der Waals surface area contributed by atoms with Crippen LogP contribution in [0.15, 0.2) is 83.8 Å². The molecule has 10 heteroatoms. The maximum absolute atomic E-state index is 13.8. The molecular formula is C36H48N4O5S. The zero-order chi connectivity index (χ0) is 32.9. The first kappa shape index (κ1) is 35.3. The van der Waals surface area contributed by atoms with Crippen molar-refractivity contribution in [1.29, 1.82) is 0 Å². The van der Waals surface area contributed by atoms with Crippen molar-refractivity contribution in [3.8, 4) is 11.5 Å². The van der Waals surface area contributed by atoms with Crippen molar-refractivity contribution in [2.24, 2.45) is 11.8 Å². The highest BCUT2D eigenvalue weighted by Gasteiger charge is 2.31. The summed E-state index contributed by atoms with van der Waals surface area (Å²) in [6.07, 6.45) is 0.263. The molecule has 1 heterocycles. The van der Waals surface area contributed by atoms with E-state index in [2.05, 4.69) is 34.1 Å². The number of nitrogens with zero attached hydrogens (tertiary/aromatic N) is 1. The molecule has 1 aliphatic heterocycles. The molecule has 46 heavy (non-hydrogen) atoms. The fourth-order valence-corrected chi connectivity index (χ4v) is 6.43. The molecule has 0 aromatic heterocycles. The van der Waals surface area contributed by atoms with Crippen LogP contribution in [0.4, 0.5) is 0 Å². The number of carbonyl (C=O) groups is 2. The van der Waals surface area contributed by atoms with E-state index in [-0.39, 0.29) is 31.1 Å². The number of rotatable bonds is 18. The SMILES string of the molecule is CCC(C)[C@H](NC(=O)CNCc1ccccc1)C(=O)N[C@@H](Cc1ccccc1)[C@H](O)CN(CC(C)C)Sc1ccc2c(c1)OCO2. The van der Waals surface area contributed by atoms with Crippen molar-refractivity contribution in [3.63, 3.8) is 0 Å². The Bertz CT molecular complexity index is 1380.